The van der Waals surface area contributed by atoms with Crippen molar-refractivity contribution in [3.05, 3.63) is 36.3 Å². The number of nitrogens with zero attached hydrogens (tertiary/aromatic N) is 3. The maximum absolute atomic E-state index is 12.5. The molecule has 2 aliphatic rings. The maximum atomic E-state index is 12.5. The zero-order chi connectivity index (χ0) is 14.2. The first-order chi connectivity index (χ1) is 10.3. The summed E-state index contributed by atoms with van der Waals surface area (Å²) in [6, 6.07) is 5.38. The van der Waals surface area contributed by atoms with Crippen LogP contribution in [0.3, 0.4) is 0 Å². The van der Waals surface area contributed by atoms with Gasteiger partial charge in [-0.15, -0.1) is 0 Å². The van der Waals surface area contributed by atoms with Crippen LogP contribution in [-0.4, -0.2) is 47.1 Å². The minimum atomic E-state index is -0.0338. The molecule has 108 valence electrons. The van der Waals surface area contributed by atoms with Crippen LogP contribution in [0.5, 0.6) is 0 Å². The number of likely N-dealkylation sites (tertiary alicyclic amines) is 1. The first-order valence-electron chi connectivity index (χ1n) is 7.18. The van der Waals surface area contributed by atoms with Gasteiger partial charge in [-0.2, -0.15) is 0 Å². The highest BCUT2D eigenvalue weighted by molar-refractivity contribution is 5.93. The SMILES string of the molecule is O=C(c1cc(-c2ccncc2)on1)N1C[C@H]2CNC[C@H]2C1. The summed E-state index contributed by atoms with van der Waals surface area (Å²) in [5, 5.41) is 7.30. The summed E-state index contributed by atoms with van der Waals surface area (Å²) < 4.78 is 5.29. The van der Waals surface area contributed by atoms with Crippen molar-refractivity contribution in [3.63, 3.8) is 0 Å². The first kappa shape index (κ1) is 12.5. The highest BCUT2D eigenvalue weighted by Gasteiger charge is 2.38. The van der Waals surface area contributed by atoms with Gasteiger partial charge in [-0.3, -0.25) is 9.78 Å². The lowest BCUT2D eigenvalue weighted by molar-refractivity contribution is 0.0771. The Bertz CT molecular complexity index is 643. The number of hydrogen-bond acceptors (Lipinski definition) is 5. The summed E-state index contributed by atoms with van der Waals surface area (Å²) in [5.41, 5.74) is 1.26. The molecule has 0 unspecified atom stereocenters. The molecule has 0 saturated carbocycles. The average molecular weight is 284 g/mol. The van der Waals surface area contributed by atoms with Crippen LogP contribution in [0.2, 0.25) is 0 Å². The summed E-state index contributed by atoms with van der Waals surface area (Å²) in [6.07, 6.45) is 3.38. The van der Waals surface area contributed by atoms with E-state index in [0.717, 1.165) is 31.7 Å². The topological polar surface area (TPSA) is 71.3 Å². The number of amides is 1. The Morgan fingerprint density at radius 1 is 1.24 bits per heavy atom. The van der Waals surface area contributed by atoms with Gasteiger partial charge in [0.05, 0.1) is 0 Å². The smallest absolute Gasteiger partial charge is 0.276 e. The first-order valence-corrected chi connectivity index (χ1v) is 7.18. The van der Waals surface area contributed by atoms with Crippen molar-refractivity contribution in [2.24, 2.45) is 11.8 Å². The molecule has 0 aromatic carbocycles. The van der Waals surface area contributed by atoms with Crippen molar-refractivity contribution >= 4 is 5.91 Å². The van der Waals surface area contributed by atoms with Gasteiger partial charge in [0.1, 0.15) is 0 Å². The quantitative estimate of drug-likeness (QED) is 0.891. The molecule has 6 nitrogen and oxygen atoms in total. The lowest BCUT2D eigenvalue weighted by Gasteiger charge is -2.15. The second-order valence-corrected chi connectivity index (χ2v) is 5.70. The van der Waals surface area contributed by atoms with E-state index in [1.54, 1.807) is 18.5 Å². The van der Waals surface area contributed by atoms with E-state index in [1.807, 2.05) is 17.0 Å². The number of fused-ring (bicyclic) bond motifs is 1. The summed E-state index contributed by atoms with van der Waals surface area (Å²) in [4.78, 5) is 18.4. The molecule has 1 N–H and O–H groups in total. The largest absolute Gasteiger partial charge is 0.355 e. The third kappa shape index (κ3) is 2.21. The summed E-state index contributed by atoms with van der Waals surface area (Å²) >= 11 is 0. The molecule has 2 atom stereocenters. The Morgan fingerprint density at radius 3 is 2.67 bits per heavy atom. The molecule has 1 amide bonds. The van der Waals surface area contributed by atoms with E-state index in [9.17, 15) is 4.79 Å². The van der Waals surface area contributed by atoms with Gasteiger partial charge in [0.15, 0.2) is 11.5 Å². The van der Waals surface area contributed by atoms with Gasteiger partial charge in [0.2, 0.25) is 0 Å². The molecule has 2 saturated heterocycles. The predicted octanol–water partition coefficient (Wildman–Crippen LogP) is 1.03. The lowest BCUT2D eigenvalue weighted by Crippen LogP contribution is -2.32. The Kier molecular flexibility index (Phi) is 2.96. The molecule has 6 heteroatoms. The fraction of sp³-hybridized carbons (Fsp3) is 0.400. The van der Waals surface area contributed by atoms with Crippen LogP contribution in [0, 0.1) is 11.8 Å². The van der Waals surface area contributed by atoms with Gasteiger partial charge in [0.25, 0.3) is 5.91 Å². The van der Waals surface area contributed by atoms with E-state index in [2.05, 4.69) is 15.5 Å². The van der Waals surface area contributed by atoms with Crippen LogP contribution in [-0.2, 0) is 0 Å². The van der Waals surface area contributed by atoms with Gasteiger partial charge in [-0.1, -0.05) is 5.16 Å². The molecule has 2 aliphatic heterocycles. The molecule has 0 spiro atoms. The average Bonchev–Trinajstić information content (AvgIpc) is 3.22. The summed E-state index contributed by atoms with van der Waals surface area (Å²) in [5.74, 6) is 1.73. The number of hydrogen-bond donors (Lipinski definition) is 1. The Balaban J connectivity index is 1.52. The second-order valence-electron chi connectivity index (χ2n) is 5.70. The van der Waals surface area contributed by atoms with Crippen LogP contribution in [0.15, 0.2) is 35.1 Å². The number of pyridine rings is 1. The zero-order valence-electron chi connectivity index (χ0n) is 11.5. The summed E-state index contributed by atoms with van der Waals surface area (Å²) in [6.45, 7) is 3.65. The Morgan fingerprint density at radius 2 is 1.95 bits per heavy atom. The normalized spacial score (nSPS) is 24.3. The highest BCUT2D eigenvalue weighted by Crippen LogP contribution is 2.28. The van der Waals surface area contributed by atoms with Crippen LogP contribution in [0.4, 0.5) is 0 Å². The molecular weight excluding hydrogens is 268 g/mol. The van der Waals surface area contributed by atoms with Crippen LogP contribution < -0.4 is 5.32 Å². The summed E-state index contributed by atoms with van der Waals surface area (Å²) in [7, 11) is 0. The van der Waals surface area contributed by atoms with Crippen LogP contribution in [0.25, 0.3) is 11.3 Å². The minimum absolute atomic E-state index is 0.0338. The molecule has 0 radical (unpaired) electrons. The van der Waals surface area contributed by atoms with Crippen molar-refractivity contribution in [2.45, 2.75) is 0 Å². The highest BCUT2D eigenvalue weighted by atomic mass is 16.5. The Hall–Kier alpha value is -2.21. The minimum Gasteiger partial charge on any atom is -0.355 e. The Labute approximate surface area is 122 Å². The van der Waals surface area contributed by atoms with Gasteiger partial charge < -0.3 is 14.7 Å². The lowest BCUT2D eigenvalue weighted by atomic mass is 10.0. The second kappa shape index (κ2) is 4.96. The van der Waals surface area contributed by atoms with E-state index in [0.29, 0.717) is 23.3 Å². The molecule has 2 fully saturated rings. The number of carbonyl (C=O) groups excluding carboxylic acids is 1. The molecule has 4 rings (SSSR count). The monoisotopic (exact) mass is 284 g/mol. The van der Waals surface area contributed by atoms with Crippen molar-refractivity contribution in [3.8, 4) is 11.3 Å². The molecule has 21 heavy (non-hydrogen) atoms. The van der Waals surface area contributed by atoms with E-state index in [1.165, 1.54) is 0 Å². The van der Waals surface area contributed by atoms with Crippen LogP contribution in [0.1, 0.15) is 10.5 Å². The molecule has 0 aliphatic carbocycles. The number of nitrogens with one attached hydrogen (secondary N) is 1. The van der Waals surface area contributed by atoms with Crippen molar-refractivity contribution in [1.82, 2.24) is 20.4 Å². The van der Waals surface area contributed by atoms with Gasteiger partial charge >= 0.3 is 0 Å². The van der Waals surface area contributed by atoms with Crippen molar-refractivity contribution < 1.29 is 9.32 Å². The van der Waals surface area contributed by atoms with E-state index in [4.69, 9.17) is 4.52 Å². The van der Waals surface area contributed by atoms with Crippen molar-refractivity contribution in [1.29, 1.82) is 0 Å². The fourth-order valence-electron chi connectivity index (χ4n) is 3.21. The molecule has 2 aromatic rings. The molecule has 2 aromatic heterocycles. The molecule has 4 heterocycles. The van der Waals surface area contributed by atoms with E-state index < -0.39 is 0 Å². The number of rotatable bonds is 2. The maximum Gasteiger partial charge on any atom is 0.276 e. The third-order valence-corrected chi connectivity index (χ3v) is 4.37. The van der Waals surface area contributed by atoms with Gasteiger partial charge in [0, 0.05) is 50.2 Å². The number of aromatic nitrogens is 2. The molecular formula is C15H16N4O2. The third-order valence-electron chi connectivity index (χ3n) is 4.37. The zero-order valence-corrected chi connectivity index (χ0v) is 11.5. The van der Waals surface area contributed by atoms with Crippen molar-refractivity contribution in [2.75, 3.05) is 26.2 Å². The van der Waals surface area contributed by atoms with E-state index >= 15 is 0 Å². The van der Waals surface area contributed by atoms with E-state index in [-0.39, 0.29) is 5.91 Å². The van der Waals surface area contributed by atoms with Crippen LogP contribution >= 0.6 is 0 Å². The molecule has 0 bridgehead atoms. The van der Waals surface area contributed by atoms with Gasteiger partial charge in [-0.05, 0) is 24.0 Å². The fourth-order valence-corrected chi connectivity index (χ4v) is 3.21. The van der Waals surface area contributed by atoms with Gasteiger partial charge in [-0.25, -0.2) is 0 Å². The predicted molar refractivity (Wildman–Crippen MR) is 75.5 cm³/mol. The standard InChI is InChI=1S/C15H16N4O2/c20-15(19-8-11-6-17-7-12(11)9-19)13-5-14(21-18-13)10-1-3-16-4-2-10/h1-5,11-12,17H,6-9H2/t11-,12+. The number of carbonyl (C=O) groups is 1.